The number of benzene rings is 1. The lowest BCUT2D eigenvalue weighted by atomic mass is 10.1. The molecule has 2 heteroatoms. The van der Waals surface area contributed by atoms with E-state index in [0.29, 0.717) is 0 Å². The summed E-state index contributed by atoms with van der Waals surface area (Å²) in [6.45, 7) is 2.01. The smallest absolute Gasteiger partial charge is 0.0925 e. The van der Waals surface area contributed by atoms with Crippen molar-refractivity contribution in [2.24, 2.45) is 0 Å². The molecule has 0 radical (unpaired) electrons. The lowest BCUT2D eigenvalue weighted by molar-refractivity contribution is 0.202. The van der Waals surface area contributed by atoms with Crippen molar-refractivity contribution >= 4 is 11.6 Å². The molecule has 0 aromatic heterocycles. The molecule has 11 heavy (non-hydrogen) atoms. The van der Waals surface area contributed by atoms with E-state index in [0.717, 1.165) is 5.56 Å². The second-order valence-electron chi connectivity index (χ2n) is 2.58. The van der Waals surface area contributed by atoms with Gasteiger partial charge in [-0.15, -0.1) is 11.6 Å². The zero-order valence-electron chi connectivity index (χ0n) is 6.42. The predicted molar refractivity (Wildman–Crippen MR) is 46.9 cm³/mol. The fourth-order valence-corrected chi connectivity index (χ4v) is 1.06. The molecule has 1 nitrogen and oxygen atoms in total. The number of hydrogen-bond donors (Lipinski definition) is 1. The van der Waals surface area contributed by atoms with Gasteiger partial charge in [-0.3, -0.25) is 0 Å². The average molecular weight is 171 g/mol. The van der Waals surface area contributed by atoms with Crippen LogP contribution in [0.1, 0.15) is 17.2 Å². The molecule has 0 spiro atoms. The van der Waals surface area contributed by atoms with Gasteiger partial charge < -0.3 is 5.11 Å². The monoisotopic (exact) mass is 170 g/mol. The second-order valence-corrected chi connectivity index (χ2v) is 2.89. The summed E-state index contributed by atoms with van der Waals surface area (Å²) in [7, 11) is 0. The van der Waals surface area contributed by atoms with E-state index in [9.17, 15) is 5.11 Å². The molecule has 60 valence electrons. The minimum Gasteiger partial charge on any atom is -0.387 e. The van der Waals surface area contributed by atoms with Crippen molar-refractivity contribution in [2.45, 2.75) is 13.0 Å². The van der Waals surface area contributed by atoms with Crippen molar-refractivity contribution in [1.29, 1.82) is 0 Å². The van der Waals surface area contributed by atoms with Gasteiger partial charge >= 0.3 is 0 Å². The standard InChI is InChI=1S/C9H11ClO/c1-7-2-4-8(5-3-7)9(11)6-10/h2-5,9,11H,6H2,1H3/t9-/m0/s1. The van der Waals surface area contributed by atoms with Crippen molar-refractivity contribution in [3.05, 3.63) is 35.4 Å². The Bertz CT molecular complexity index is 218. The highest BCUT2D eigenvalue weighted by Crippen LogP contribution is 2.14. The van der Waals surface area contributed by atoms with E-state index in [-0.39, 0.29) is 5.88 Å². The molecule has 0 bridgehead atoms. The van der Waals surface area contributed by atoms with Gasteiger partial charge in [0.05, 0.1) is 12.0 Å². The van der Waals surface area contributed by atoms with Crippen molar-refractivity contribution in [3.63, 3.8) is 0 Å². The Hall–Kier alpha value is -0.530. The van der Waals surface area contributed by atoms with E-state index in [4.69, 9.17) is 11.6 Å². The third-order valence-corrected chi connectivity index (χ3v) is 1.90. The van der Waals surface area contributed by atoms with Crippen molar-refractivity contribution < 1.29 is 5.11 Å². The summed E-state index contributed by atoms with van der Waals surface area (Å²) < 4.78 is 0. The molecule has 0 saturated carbocycles. The molecule has 0 amide bonds. The summed E-state index contributed by atoms with van der Waals surface area (Å²) in [6.07, 6.45) is -0.530. The fraction of sp³-hybridized carbons (Fsp3) is 0.333. The molecular weight excluding hydrogens is 160 g/mol. The molecule has 1 aromatic rings. The van der Waals surface area contributed by atoms with Crippen LogP contribution in [-0.4, -0.2) is 11.0 Å². The summed E-state index contributed by atoms with van der Waals surface area (Å²) in [4.78, 5) is 0. The molecule has 1 aromatic carbocycles. The Labute approximate surface area is 71.6 Å². The number of aliphatic hydroxyl groups is 1. The molecule has 0 unspecified atom stereocenters. The Balaban J connectivity index is 2.81. The zero-order valence-corrected chi connectivity index (χ0v) is 7.17. The van der Waals surface area contributed by atoms with Gasteiger partial charge in [0.1, 0.15) is 0 Å². The number of rotatable bonds is 2. The summed E-state index contributed by atoms with van der Waals surface area (Å²) >= 11 is 5.48. The topological polar surface area (TPSA) is 20.2 Å². The van der Waals surface area contributed by atoms with Crippen LogP contribution in [0.4, 0.5) is 0 Å². The van der Waals surface area contributed by atoms with Gasteiger partial charge in [0.2, 0.25) is 0 Å². The van der Waals surface area contributed by atoms with Crippen molar-refractivity contribution in [3.8, 4) is 0 Å². The highest BCUT2D eigenvalue weighted by Gasteiger charge is 2.03. The minimum absolute atomic E-state index is 0.253. The molecule has 0 heterocycles. The maximum absolute atomic E-state index is 9.29. The maximum atomic E-state index is 9.29. The minimum atomic E-state index is -0.530. The van der Waals surface area contributed by atoms with Crippen molar-refractivity contribution in [2.75, 3.05) is 5.88 Å². The summed E-state index contributed by atoms with van der Waals surface area (Å²) in [6, 6.07) is 7.71. The zero-order chi connectivity index (χ0) is 8.27. The Kier molecular flexibility index (Phi) is 2.92. The Morgan fingerprint density at radius 2 is 1.91 bits per heavy atom. The van der Waals surface area contributed by atoms with Crippen LogP contribution in [-0.2, 0) is 0 Å². The fourth-order valence-electron chi connectivity index (χ4n) is 0.878. The Morgan fingerprint density at radius 3 is 2.36 bits per heavy atom. The lowest BCUT2D eigenvalue weighted by Gasteiger charge is -2.05. The molecule has 0 aliphatic rings. The van der Waals surface area contributed by atoms with Crippen LogP contribution in [0.3, 0.4) is 0 Å². The molecule has 1 rings (SSSR count). The first kappa shape index (κ1) is 8.57. The van der Waals surface area contributed by atoms with E-state index in [2.05, 4.69) is 0 Å². The van der Waals surface area contributed by atoms with Crippen LogP contribution in [0, 0.1) is 6.92 Å². The molecular formula is C9H11ClO. The largest absolute Gasteiger partial charge is 0.387 e. The SMILES string of the molecule is Cc1ccc([C@@H](O)CCl)cc1. The van der Waals surface area contributed by atoms with Crippen LogP contribution in [0.25, 0.3) is 0 Å². The van der Waals surface area contributed by atoms with E-state index in [1.807, 2.05) is 31.2 Å². The normalized spacial score (nSPS) is 13.0. The quantitative estimate of drug-likeness (QED) is 0.676. The lowest BCUT2D eigenvalue weighted by Crippen LogP contribution is -1.97. The number of hydrogen-bond acceptors (Lipinski definition) is 1. The number of halogens is 1. The molecule has 1 atom stereocenters. The van der Waals surface area contributed by atoms with Crippen LogP contribution in [0.5, 0.6) is 0 Å². The molecule has 0 aliphatic carbocycles. The second kappa shape index (κ2) is 3.74. The summed E-state index contributed by atoms with van der Waals surface area (Å²) in [5.41, 5.74) is 2.07. The highest BCUT2D eigenvalue weighted by molar-refractivity contribution is 6.18. The van der Waals surface area contributed by atoms with Crippen LogP contribution < -0.4 is 0 Å². The van der Waals surface area contributed by atoms with Gasteiger partial charge in [0, 0.05) is 0 Å². The van der Waals surface area contributed by atoms with Gasteiger partial charge in [-0.25, -0.2) is 0 Å². The first-order valence-electron chi connectivity index (χ1n) is 3.54. The van der Waals surface area contributed by atoms with E-state index >= 15 is 0 Å². The highest BCUT2D eigenvalue weighted by atomic mass is 35.5. The number of aliphatic hydroxyl groups excluding tert-OH is 1. The molecule has 1 N–H and O–H groups in total. The van der Waals surface area contributed by atoms with E-state index in [1.54, 1.807) is 0 Å². The van der Waals surface area contributed by atoms with Gasteiger partial charge in [-0.05, 0) is 12.5 Å². The van der Waals surface area contributed by atoms with Gasteiger partial charge in [-0.1, -0.05) is 29.8 Å². The third kappa shape index (κ3) is 2.21. The van der Waals surface area contributed by atoms with Crippen LogP contribution >= 0.6 is 11.6 Å². The van der Waals surface area contributed by atoms with Gasteiger partial charge in [0.15, 0.2) is 0 Å². The summed E-state index contributed by atoms with van der Waals surface area (Å²) in [5, 5.41) is 9.29. The number of alkyl halides is 1. The molecule has 0 saturated heterocycles. The van der Waals surface area contributed by atoms with Gasteiger partial charge in [-0.2, -0.15) is 0 Å². The third-order valence-electron chi connectivity index (χ3n) is 1.61. The van der Waals surface area contributed by atoms with Crippen molar-refractivity contribution in [1.82, 2.24) is 0 Å². The van der Waals surface area contributed by atoms with Gasteiger partial charge in [0.25, 0.3) is 0 Å². The average Bonchev–Trinajstić information content (AvgIpc) is 2.05. The first-order valence-corrected chi connectivity index (χ1v) is 4.08. The van der Waals surface area contributed by atoms with Crippen LogP contribution in [0.15, 0.2) is 24.3 Å². The molecule has 0 fully saturated rings. The van der Waals surface area contributed by atoms with E-state index in [1.165, 1.54) is 5.56 Å². The maximum Gasteiger partial charge on any atom is 0.0925 e. The summed E-state index contributed by atoms with van der Waals surface area (Å²) in [5.74, 6) is 0.253. The van der Waals surface area contributed by atoms with E-state index < -0.39 is 6.10 Å². The number of aryl methyl sites for hydroxylation is 1. The first-order chi connectivity index (χ1) is 5.24. The van der Waals surface area contributed by atoms with Crippen LogP contribution in [0.2, 0.25) is 0 Å². The molecule has 0 aliphatic heterocycles. The Morgan fingerprint density at radius 1 is 1.36 bits per heavy atom. The predicted octanol–water partition coefficient (Wildman–Crippen LogP) is 2.27.